The Balaban J connectivity index is 1.50. The van der Waals surface area contributed by atoms with Gasteiger partial charge in [-0.05, 0) is 67.9 Å². The number of ether oxygens (including phenoxy) is 2. The van der Waals surface area contributed by atoms with Crippen LogP contribution in [-0.4, -0.2) is 38.0 Å². The Morgan fingerprint density at radius 2 is 1.79 bits per heavy atom. The average Bonchev–Trinajstić information content (AvgIpc) is 3.07. The van der Waals surface area contributed by atoms with E-state index in [1.807, 2.05) is 4.90 Å². The van der Waals surface area contributed by atoms with Gasteiger partial charge in [-0.25, -0.2) is 0 Å². The molecule has 0 amide bonds. The molecule has 1 heterocycles. The summed E-state index contributed by atoms with van der Waals surface area (Å²) < 4.78 is 84.6. The van der Waals surface area contributed by atoms with Crippen LogP contribution in [0.1, 0.15) is 53.1 Å². The van der Waals surface area contributed by atoms with Gasteiger partial charge < -0.3 is 9.47 Å². The van der Waals surface area contributed by atoms with Gasteiger partial charge in [0.05, 0.1) is 23.8 Å². The van der Waals surface area contributed by atoms with Crippen LogP contribution in [0.3, 0.4) is 0 Å². The molecule has 0 bridgehead atoms. The van der Waals surface area contributed by atoms with Crippen molar-refractivity contribution >= 4 is 5.78 Å². The minimum Gasteiger partial charge on any atom is -0.493 e. The standard InChI is InChI=1S/C24H29NO3/c1-27-22-14-19-13-20(24(26)21(19)15-23(22)28-2)12-17-8-10-25(11-9-17)16-18-6-4-3-5-7-18/h3-7,14-15,17,20H,8-13,16H2,1-2H3/i3D,4D,5D,6D,7D,13D2,14D,15D. The lowest BCUT2D eigenvalue weighted by Crippen LogP contribution is -2.34. The summed E-state index contributed by atoms with van der Waals surface area (Å²) in [6, 6.07) is -2.10. The molecule has 1 aliphatic heterocycles. The van der Waals surface area contributed by atoms with Gasteiger partial charge in [0.15, 0.2) is 17.3 Å². The fourth-order valence-electron chi connectivity index (χ4n) is 3.92. The number of ketones is 1. The average molecular weight is 389 g/mol. The summed E-state index contributed by atoms with van der Waals surface area (Å²) in [5, 5.41) is 0. The van der Waals surface area contributed by atoms with Crippen LogP contribution in [0.25, 0.3) is 0 Å². The first-order chi connectivity index (χ1) is 17.4. The van der Waals surface area contributed by atoms with Crippen molar-refractivity contribution in [1.29, 1.82) is 0 Å². The normalized spacial score (nSPS) is 26.6. The number of hydrogen-bond donors (Lipinski definition) is 0. The molecule has 1 aliphatic carbocycles. The molecule has 1 fully saturated rings. The lowest BCUT2D eigenvalue weighted by atomic mass is 9.85. The number of piperidine rings is 1. The van der Waals surface area contributed by atoms with Gasteiger partial charge in [0.2, 0.25) is 0 Å². The summed E-state index contributed by atoms with van der Waals surface area (Å²) in [5.41, 5.74) is 0.0103. The summed E-state index contributed by atoms with van der Waals surface area (Å²) in [6.45, 7) is 1.35. The molecule has 4 rings (SSSR count). The predicted octanol–water partition coefficient (Wildman–Crippen LogP) is 4.36. The van der Waals surface area contributed by atoms with Gasteiger partial charge in [-0.15, -0.1) is 0 Å². The molecule has 2 aliphatic rings. The van der Waals surface area contributed by atoms with Crippen LogP contribution in [0, 0.1) is 11.8 Å². The minimum atomic E-state index is -2.14. The zero-order valence-electron chi connectivity index (χ0n) is 25.1. The number of carbonyl (C=O) groups is 1. The number of nitrogens with zero attached hydrogens (tertiary/aromatic N) is 1. The third-order valence-electron chi connectivity index (χ3n) is 5.43. The predicted molar refractivity (Wildman–Crippen MR) is 110 cm³/mol. The van der Waals surface area contributed by atoms with E-state index in [1.165, 1.54) is 14.2 Å². The molecule has 1 atom stereocenters. The first-order valence-electron chi connectivity index (χ1n) is 13.9. The molecule has 1 unspecified atom stereocenters. The molecule has 1 saturated heterocycles. The zero-order chi connectivity index (χ0) is 27.4. The molecule has 0 spiro atoms. The Hall–Kier alpha value is -2.33. The van der Waals surface area contributed by atoms with Crippen LogP contribution >= 0.6 is 0 Å². The summed E-state index contributed by atoms with van der Waals surface area (Å²) in [4.78, 5) is 15.4. The number of carbonyl (C=O) groups excluding carboxylic acids is 1. The van der Waals surface area contributed by atoms with Crippen LogP contribution in [-0.2, 0) is 12.9 Å². The molecule has 2 aromatic rings. The third kappa shape index (κ3) is 3.93. The van der Waals surface area contributed by atoms with Crippen LogP contribution < -0.4 is 9.47 Å². The fourth-order valence-corrected chi connectivity index (χ4v) is 3.92. The second-order valence-corrected chi connectivity index (χ2v) is 7.19. The van der Waals surface area contributed by atoms with Crippen molar-refractivity contribution in [2.75, 3.05) is 27.3 Å². The Labute approximate surface area is 180 Å². The van der Waals surface area contributed by atoms with E-state index < -0.39 is 24.1 Å². The second-order valence-electron chi connectivity index (χ2n) is 7.19. The highest BCUT2D eigenvalue weighted by molar-refractivity contribution is 6.02. The van der Waals surface area contributed by atoms with Gasteiger partial charge in [0.1, 0.15) is 0 Å². The van der Waals surface area contributed by atoms with Crippen molar-refractivity contribution < 1.29 is 26.6 Å². The highest BCUT2D eigenvalue weighted by Gasteiger charge is 2.34. The number of hydrogen-bond acceptors (Lipinski definition) is 4. The minimum absolute atomic E-state index is 0.0155. The first kappa shape index (κ1) is 11.0. The van der Waals surface area contributed by atoms with Gasteiger partial charge in [-0.3, -0.25) is 9.69 Å². The summed E-state index contributed by atoms with van der Waals surface area (Å²) in [5.74, 6) is -1.64. The Morgan fingerprint density at radius 1 is 1.11 bits per heavy atom. The van der Waals surface area contributed by atoms with Crippen LogP contribution in [0.5, 0.6) is 11.5 Å². The van der Waals surface area contributed by atoms with E-state index in [2.05, 4.69) is 0 Å². The summed E-state index contributed by atoms with van der Waals surface area (Å²) in [6.07, 6.45) is -0.595. The SMILES string of the molecule is [2H]c1c([2H])c([2H])c(CN2CCC(CC3C(=O)c4c([2H])c(OC)c(OC)c([2H])c4C3([2H])[2H])CC2)c([2H])c1[2H]. The number of fused-ring (bicyclic) bond motifs is 1. The Bertz CT molecular complexity index is 1230. The molecule has 0 N–H and O–H groups in total. The molecule has 0 radical (unpaired) electrons. The van der Waals surface area contributed by atoms with E-state index in [0.29, 0.717) is 25.9 Å². The van der Waals surface area contributed by atoms with E-state index >= 15 is 0 Å². The van der Waals surface area contributed by atoms with E-state index in [4.69, 9.17) is 21.8 Å². The number of Topliss-reactive ketones (excluding diaryl/α,β-unsaturated/α-hetero) is 1. The number of benzene rings is 2. The largest absolute Gasteiger partial charge is 0.493 e. The van der Waals surface area contributed by atoms with Crippen molar-refractivity contribution in [2.24, 2.45) is 11.8 Å². The summed E-state index contributed by atoms with van der Waals surface area (Å²) >= 11 is 0. The smallest absolute Gasteiger partial charge is 0.166 e. The van der Waals surface area contributed by atoms with Crippen molar-refractivity contribution in [2.45, 2.75) is 32.2 Å². The van der Waals surface area contributed by atoms with Crippen LogP contribution in [0.15, 0.2) is 42.3 Å². The topological polar surface area (TPSA) is 38.8 Å². The van der Waals surface area contributed by atoms with Gasteiger partial charge in [-0.2, -0.15) is 0 Å². The van der Waals surface area contributed by atoms with Crippen LogP contribution in [0.2, 0.25) is 0 Å². The summed E-state index contributed by atoms with van der Waals surface area (Å²) in [7, 11) is 2.62. The maximum atomic E-state index is 13.4. The van der Waals surface area contributed by atoms with E-state index in [-0.39, 0.29) is 83.3 Å². The number of methoxy groups -OCH3 is 2. The van der Waals surface area contributed by atoms with Crippen molar-refractivity contribution in [3.63, 3.8) is 0 Å². The number of rotatable bonds is 6. The van der Waals surface area contributed by atoms with Gasteiger partial charge in [0.25, 0.3) is 0 Å². The molecule has 4 nitrogen and oxygen atoms in total. The highest BCUT2D eigenvalue weighted by atomic mass is 16.5. The van der Waals surface area contributed by atoms with Crippen molar-refractivity contribution in [3.05, 3.63) is 59.0 Å². The quantitative estimate of drug-likeness (QED) is 0.737. The zero-order valence-corrected chi connectivity index (χ0v) is 16.1. The van der Waals surface area contributed by atoms with Crippen LogP contribution in [0.4, 0.5) is 0 Å². The first-order valence-corrected chi connectivity index (χ1v) is 9.44. The van der Waals surface area contributed by atoms with E-state index in [9.17, 15) is 4.79 Å². The van der Waals surface area contributed by atoms with Gasteiger partial charge in [-0.1, -0.05) is 30.2 Å². The molecular formula is C24H29NO3. The molecule has 28 heavy (non-hydrogen) atoms. The number of likely N-dealkylation sites (tertiary alicyclic amines) is 1. The maximum Gasteiger partial charge on any atom is 0.166 e. The lowest BCUT2D eigenvalue weighted by Gasteiger charge is -2.32. The molecule has 4 heteroatoms. The van der Waals surface area contributed by atoms with Crippen molar-refractivity contribution in [1.82, 2.24) is 4.90 Å². The Morgan fingerprint density at radius 3 is 2.46 bits per heavy atom. The van der Waals surface area contributed by atoms with Gasteiger partial charge >= 0.3 is 0 Å². The lowest BCUT2D eigenvalue weighted by molar-refractivity contribution is 0.0895. The van der Waals surface area contributed by atoms with E-state index in [1.54, 1.807) is 0 Å². The molecule has 0 aromatic heterocycles. The highest BCUT2D eigenvalue weighted by Crippen LogP contribution is 2.39. The monoisotopic (exact) mass is 388 g/mol. The van der Waals surface area contributed by atoms with E-state index in [0.717, 1.165) is 0 Å². The van der Waals surface area contributed by atoms with Crippen molar-refractivity contribution in [3.8, 4) is 11.5 Å². The molecule has 2 aromatic carbocycles. The molecular weight excluding hydrogens is 350 g/mol. The van der Waals surface area contributed by atoms with Gasteiger partial charge in [0, 0.05) is 20.8 Å². The second kappa shape index (κ2) is 8.36. The molecule has 0 saturated carbocycles. The Kier molecular flexibility index (Phi) is 3.29. The maximum absolute atomic E-state index is 13.4. The fraction of sp³-hybridized carbons (Fsp3) is 0.458. The molecule has 148 valence electrons. The third-order valence-corrected chi connectivity index (χ3v) is 5.43.